The molecular weight excluding hydrogens is 370 g/mol. The summed E-state index contributed by atoms with van der Waals surface area (Å²) in [5, 5.41) is 2.85. The van der Waals surface area contributed by atoms with Crippen LogP contribution in [0.15, 0.2) is 49.2 Å². The highest BCUT2D eigenvalue weighted by atomic mass is 16.5. The van der Waals surface area contributed by atoms with E-state index in [-0.39, 0.29) is 12.5 Å². The van der Waals surface area contributed by atoms with Gasteiger partial charge in [-0.1, -0.05) is 18.2 Å². The minimum absolute atomic E-state index is 0.0869. The van der Waals surface area contributed by atoms with Crippen molar-refractivity contribution < 1.29 is 19.0 Å². The predicted octanol–water partition coefficient (Wildman–Crippen LogP) is 2.35. The van der Waals surface area contributed by atoms with Crippen LogP contribution in [-0.4, -0.2) is 50.9 Å². The number of ether oxygens (including phenoxy) is 3. The van der Waals surface area contributed by atoms with E-state index in [1.807, 2.05) is 30.3 Å². The summed E-state index contributed by atoms with van der Waals surface area (Å²) in [4.78, 5) is 18.8. The highest BCUT2D eigenvalue weighted by Gasteiger charge is 2.12. The van der Waals surface area contributed by atoms with Gasteiger partial charge in [-0.05, 0) is 35.7 Å². The summed E-state index contributed by atoms with van der Waals surface area (Å²) in [5.41, 5.74) is 2.00. The number of carbonyl (C=O) groups is 1. The number of aromatic nitrogens is 1. The Morgan fingerprint density at radius 3 is 2.72 bits per heavy atom. The molecular formula is C22H27N3O4. The molecule has 0 unspecified atom stereocenters. The molecule has 7 heteroatoms. The quantitative estimate of drug-likeness (QED) is 0.655. The lowest BCUT2D eigenvalue weighted by molar-refractivity contribution is -0.123. The molecule has 1 aliphatic heterocycles. The molecule has 1 saturated heterocycles. The molecule has 0 radical (unpaired) electrons. The number of amides is 1. The molecule has 0 aliphatic carbocycles. The number of nitrogens with one attached hydrogen (secondary N) is 1. The normalized spacial score (nSPS) is 13.6. The van der Waals surface area contributed by atoms with Gasteiger partial charge in [0, 0.05) is 25.8 Å². The van der Waals surface area contributed by atoms with Crippen LogP contribution >= 0.6 is 0 Å². The summed E-state index contributed by atoms with van der Waals surface area (Å²) >= 11 is 0. The fraction of sp³-hybridized carbons (Fsp3) is 0.364. The lowest BCUT2D eigenvalue weighted by Gasteiger charge is -2.27. The topological polar surface area (TPSA) is 72.9 Å². The largest absolute Gasteiger partial charge is 0.493 e. The molecule has 2 heterocycles. The van der Waals surface area contributed by atoms with Gasteiger partial charge < -0.3 is 24.4 Å². The Hall–Kier alpha value is -3.06. The lowest BCUT2D eigenvalue weighted by atomic mass is 10.1. The minimum Gasteiger partial charge on any atom is -0.493 e. The van der Waals surface area contributed by atoms with E-state index in [1.165, 1.54) is 0 Å². The number of morpholine rings is 1. The first-order chi connectivity index (χ1) is 14.2. The van der Waals surface area contributed by atoms with Crippen molar-refractivity contribution in [1.82, 2.24) is 10.3 Å². The standard InChI is InChI=1S/C22H27N3O4/c1-3-4-17-5-7-19(20(13-17)27-2)29-16-22(26)24-15-18-6-8-21(23-14-18)25-9-11-28-12-10-25/h3,5-8,13-14H,1,4,9-12,15-16H2,2H3,(H,24,26). The van der Waals surface area contributed by atoms with Crippen LogP contribution in [0.25, 0.3) is 0 Å². The average Bonchev–Trinajstić information content (AvgIpc) is 2.78. The van der Waals surface area contributed by atoms with Gasteiger partial charge in [0.2, 0.25) is 0 Å². The molecule has 3 rings (SSSR count). The molecule has 1 aromatic heterocycles. The van der Waals surface area contributed by atoms with E-state index in [0.29, 0.717) is 18.0 Å². The smallest absolute Gasteiger partial charge is 0.258 e. The zero-order valence-electron chi connectivity index (χ0n) is 16.7. The number of anilines is 1. The van der Waals surface area contributed by atoms with Crippen LogP contribution in [0.1, 0.15) is 11.1 Å². The molecule has 29 heavy (non-hydrogen) atoms. The Bertz CT molecular complexity index is 817. The van der Waals surface area contributed by atoms with Crippen molar-refractivity contribution in [2.45, 2.75) is 13.0 Å². The van der Waals surface area contributed by atoms with E-state index < -0.39 is 0 Å². The number of benzene rings is 1. The molecule has 154 valence electrons. The molecule has 0 atom stereocenters. The van der Waals surface area contributed by atoms with Crippen LogP contribution < -0.4 is 19.7 Å². The second-order valence-corrected chi connectivity index (χ2v) is 6.67. The van der Waals surface area contributed by atoms with Crippen molar-refractivity contribution in [1.29, 1.82) is 0 Å². The number of nitrogens with zero attached hydrogens (tertiary/aromatic N) is 2. The van der Waals surface area contributed by atoms with E-state index in [4.69, 9.17) is 14.2 Å². The van der Waals surface area contributed by atoms with Gasteiger partial charge in [0.1, 0.15) is 5.82 Å². The van der Waals surface area contributed by atoms with Crippen molar-refractivity contribution in [2.75, 3.05) is 44.9 Å². The van der Waals surface area contributed by atoms with Crippen LogP contribution in [0.3, 0.4) is 0 Å². The number of pyridine rings is 1. The van der Waals surface area contributed by atoms with Crippen molar-refractivity contribution in [2.24, 2.45) is 0 Å². The molecule has 1 amide bonds. The van der Waals surface area contributed by atoms with E-state index in [9.17, 15) is 4.79 Å². The average molecular weight is 397 g/mol. The monoisotopic (exact) mass is 397 g/mol. The van der Waals surface area contributed by atoms with Gasteiger partial charge in [0.15, 0.2) is 18.1 Å². The Labute approximate surface area is 171 Å². The van der Waals surface area contributed by atoms with E-state index >= 15 is 0 Å². The van der Waals surface area contributed by atoms with Crippen molar-refractivity contribution in [3.05, 3.63) is 60.3 Å². The molecule has 1 aliphatic rings. The van der Waals surface area contributed by atoms with Crippen LogP contribution in [0.4, 0.5) is 5.82 Å². The molecule has 1 N–H and O–H groups in total. The van der Waals surface area contributed by atoms with Gasteiger partial charge >= 0.3 is 0 Å². The van der Waals surface area contributed by atoms with Gasteiger partial charge in [-0.3, -0.25) is 4.79 Å². The molecule has 0 bridgehead atoms. The number of hydrogen-bond acceptors (Lipinski definition) is 6. The second-order valence-electron chi connectivity index (χ2n) is 6.67. The summed E-state index contributed by atoms with van der Waals surface area (Å²) in [6.45, 7) is 7.18. The fourth-order valence-electron chi connectivity index (χ4n) is 3.02. The Balaban J connectivity index is 1.47. The first-order valence-corrected chi connectivity index (χ1v) is 9.64. The van der Waals surface area contributed by atoms with Crippen molar-refractivity contribution >= 4 is 11.7 Å². The van der Waals surface area contributed by atoms with Gasteiger partial charge in [-0.25, -0.2) is 4.98 Å². The molecule has 0 spiro atoms. The van der Waals surface area contributed by atoms with Crippen LogP contribution in [-0.2, 0) is 22.5 Å². The third kappa shape index (κ3) is 5.96. The summed E-state index contributed by atoms with van der Waals surface area (Å²) in [6, 6.07) is 9.56. The van der Waals surface area contributed by atoms with Crippen LogP contribution in [0.5, 0.6) is 11.5 Å². The van der Waals surface area contributed by atoms with E-state index in [0.717, 1.165) is 49.7 Å². The third-order valence-electron chi connectivity index (χ3n) is 4.60. The first kappa shape index (κ1) is 20.7. The Kier molecular flexibility index (Phi) is 7.47. The zero-order valence-corrected chi connectivity index (χ0v) is 16.7. The van der Waals surface area contributed by atoms with Crippen molar-refractivity contribution in [3.8, 4) is 11.5 Å². The fourth-order valence-corrected chi connectivity index (χ4v) is 3.02. The number of methoxy groups -OCH3 is 1. The summed E-state index contributed by atoms with van der Waals surface area (Å²) in [6.07, 6.45) is 4.36. The number of allylic oxidation sites excluding steroid dienone is 1. The van der Waals surface area contributed by atoms with E-state index in [1.54, 1.807) is 19.4 Å². The minimum atomic E-state index is -0.209. The zero-order chi connectivity index (χ0) is 20.5. The molecule has 1 fully saturated rings. The van der Waals surface area contributed by atoms with Crippen molar-refractivity contribution in [3.63, 3.8) is 0 Å². The first-order valence-electron chi connectivity index (χ1n) is 9.64. The Morgan fingerprint density at radius 2 is 2.03 bits per heavy atom. The Morgan fingerprint density at radius 1 is 1.24 bits per heavy atom. The van der Waals surface area contributed by atoms with Gasteiger partial charge in [0.05, 0.1) is 20.3 Å². The third-order valence-corrected chi connectivity index (χ3v) is 4.60. The summed E-state index contributed by atoms with van der Waals surface area (Å²) in [5.74, 6) is 1.85. The highest BCUT2D eigenvalue weighted by molar-refractivity contribution is 5.77. The molecule has 0 saturated carbocycles. The molecule has 1 aromatic carbocycles. The molecule has 2 aromatic rings. The molecule has 7 nitrogen and oxygen atoms in total. The van der Waals surface area contributed by atoms with Gasteiger partial charge in [-0.2, -0.15) is 0 Å². The second kappa shape index (κ2) is 10.5. The van der Waals surface area contributed by atoms with E-state index in [2.05, 4.69) is 21.8 Å². The SMILES string of the molecule is C=CCc1ccc(OCC(=O)NCc2ccc(N3CCOCC3)nc2)c(OC)c1. The maximum absolute atomic E-state index is 12.1. The number of rotatable bonds is 9. The number of carbonyl (C=O) groups excluding carboxylic acids is 1. The lowest BCUT2D eigenvalue weighted by Crippen LogP contribution is -2.36. The summed E-state index contributed by atoms with van der Waals surface area (Å²) < 4.78 is 16.3. The van der Waals surface area contributed by atoms with Crippen LogP contribution in [0.2, 0.25) is 0 Å². The van der Waals surface area contributed by atoms with Gasteiger partial charge in [-0.15, -0.1) is 6.58 Å². The number of hydrogen-bond donors (Lipinski definition) is 1. The van der Waals surface area contributed by atoms with Gasteiger partial charge in [0.25, 0.3) is 5.91 Å². The highest BCUT2D eigenvalue weighted by Crippen LogP contribution is 2.28. The maximum Gasteiger partial charge on any atom is 0.258 e. The maximum atomic E-state index is 12.1. The predicted molar refractivity (Wildman–Crippen MR) is 112 cm³/mol. The van der Waals surface area contributed by atoms with Crippen LogP contribution in [0, 0.1) is 0 Å². The summed E-state index contributed by atoms with van der Waals surface area (Å²) in [7, 11) is 1.58.